The van der Waals surface area contributed by atoms with E-state index in [2.05, 4.69) is 0 Å². The predicted octanol–water partition coefficient (Wildman–Crippen LogP) is -0.592. The number of aliphatic hydroxyl groups is 1. The van der Waals surface area contributed by atoms with Gasteiger partial charge in [-0.25, -0.2) is 0 Å². The topological polar surface area (TPSA) is 101 Å². The van der Waals surface area contributed by atoms with E-state index in [-0.39, 0.29) is 17.9 Å². The van der Waals surface area contributed by atoms with Gasteiger partial charge in [-0.1, -0.05) is 12.2 Å². The van der Waals surface area contributed by atoms with E-state index in [1.54, 1.807) is 0 Å². The fourth-order valence-electron chi connectivity index (χ4n) is 1.07. The Labute approximate surface area is 76.3 Å². The Balaban J connectivity index is 2.97. The molecule has 5 nitrogen and oxygen atoms in total. The van der Waals surface area contributed by atoms with Gasteiger partial charge < -0.3 is 10.8 Å². The zero-order valence-corrected chi connectivity index (χ0v) is 7.66. The molecular formula is C7H11NO4S. The largest absolute Gasteiger partial charge is 0.384 e. The Bertz CT molecular complexity index is 357. The summed E-state index contributed by atoms with van der Waals surface area (Å²) in [5, 5.41) is 9.59. The van der Waals surface area contributed by atoms with E-state index in [0.717, 1.165) is 0 Å². The average molecular weight is 205 g/mol. The fourth-order valence-corrected chi connectivity index (χ4v) is 1.75. The second-order valence-electron chi connectivity index (χ2n) is 2.95. The molecule has 1 rings (SSSR count). The third-order valence-corrected chi connectivity index (χ3v) is 2.80. The summed E-state index contributed by atoms with van der Waals surface area (Å²) in [6.07, 6.45) is 3.82. The van der Waals surface area contributed by atoms with Crippen molar-refractivity contribution in [2.24, 2.45) is 5.73 Å². The monoisotopic (exact) mass is 205 g/mol. The van der Waals surface area contributed by atoms with Gasteiger partial charge in [0.05, 0.1) is 10.5 Å². The summed E-state index contributed by atoms with van der Waals surface area (Å²) in [5.41, 5.74) is 3.88. The summed E-state index contributed by atoms with van der Waals surface area (Å²) in [5.74, 6) is 0. The van der Waals surface area contributed by atoms with Crippen LogP contribution >= 0.6 is 0 Å². The van der Waals surface area contributed by atoms with Crippen LogP contribution in [0.15, 0.2) is 23.1 Å². The quantitative estimate of drug-likeness (QED) is 0.523. The molecule has 1 atom stereocenters. The van der Waals surface area contributed by atoms with E-state index in [4.69, 9.17) is 10.3 Å². The number of nitrogens with two attached hydrogens (primary N) is 1. The molecule has 4 N–H and O–H groups in total. The molecule has 1 aliphatic carbocycles. The van der Waals surface area contributed by atoms with E-state index < -0.39 is 15.7 Å². The van der Waals surface area contributed by atoms with Crippen molar-refractivity contribution in [2.45, 2.75) is 12.0 Å². The predicted molar refractivity (Wildman–Crippen MR) is 47.4 cm³/mol. The van der Waals surface area contributed by atoms with Gasteiger partial charge in [0.25, 0.3) is 10.1 Å². The van der Waals surface area contributed by atoms with Gasteiger partial charge in [-0.3, -0.25) is 4.55 Å². The molecule has 0 spiro atoms. The summed E-state index contributed by atoms with van der Waals surface area (Å²) >= 11 is 0. The molecule has 13 heavy (non-hydrogen) atoms. The Hall–Kier alpha value is -0.690. The van der Waals surface area contributed by atoms with Crippen molar-refractivity contribution in [3.8, 4) is 0 Å². The summed E-state index contributed by atoms with van der Waals surface area (Å²) in [6.45, 7) is -0.0869. The molecule has 0 aromatic heterocycles. The SMILES string of the molecule is NCC1(O)C=CC=C(S(=O)(=O)O)C1. The minimum Gasteiger partial charge on any atom is -0.384 e. The first-order valence-corrected chi connectivity index (χ1v) is 5.10. The zero-order valence-electron chi connectivity index (χ0n) is 6.84. The molecule has 1 aliphatic rings. The summed E-state index contributed by atoms with van der Waals surface area (Å²) < 4.78 is 30.1. The molecule has 0 bridgehead atoms. The van der Waals surface area contributed by atoms with E-state index in [1.165, 1.54) is 18.2 Å². The summed E-state index contributed by atoms with van der Waals surface area (Å²) in [6, 6.07) is 0. The van der Waals surface area contributed by atoms with Crippen molar-refractivity contribution in [1.29, 1.82) is 0 Å². The Kier molecular flexibility index (Phi) is 2.58. The lowest BCUT2D eigenvalue weighted by molar-refractivity contribution is 0.100. The van der Waals surface area contributed by atoms with Crippen LogP contribution in [0.25, 0.3) is 0 Å². The van der Waals surface area contributed by atoms with Gasteiger partial charge in [0.1, 0.15) is 0 Å². The summed E-state index contributed by atoms with van der Waals surface area (Å²) in [4.78, 5) is -0.219. The van der Waals surface area contributed by atoms with Crippen LogP contribution in [0.4, 0.5) is 0 Å². The number of rotatable bonds is 2. The van der Waals surface area contributed by atoms with E-state index >= 15 is 0 Å². The Morgan fingerprint density at radius 1 is 1.62 bits per heavy atom. The van der Waals surface area contributed by atoms with Gasteiger partial charge in [0.2, 0.25) is 0 Å². The van der Waals surface area contributed by atoms with Crippen LogP contribution in [-0.2, 0) is 10.1 Å². The van der Waals surface area contributed by atoms with Crippen molar-refractivity contribution in [2.75, 3.05) is 6.54 Å². The maximum absolute atomic E-state index is 10.7. The molecule has 0 heterocycles. The van der Waals surface area contributed by atoms with Gasteiger partial charge in [0, 0.05) is 13.0 Å². The number of allylic oxidation sites excluding steroid dienone is 2. The molecule has 0 aromatic carbocycles. The van der Waals surface area contributed by atoms with Crippen molar-refractivity contribution in [3.05, 3.63) is 23.1 Å². The van der Waals surface area contributed by atoms with Crippen LogP contribution in [0, 0.1) is 0 Å². The van der Waals surface area contributed by atoms with Crippen LogP contribution in [0.1, 0.15) is 6.42 Å². The highest BCUT2D eigenvalue weighted by molar-refractivity contribution is 7.89. The van der Waals surface area contributed by atoms with Crippen LogP contribution < -0.4 is 5.73 Å². The van der Waals surface area contributed by atoms with Gasteiger partial charge in [0.15, 0.2) is 0 Å². The highest BCUT2D eigenvalue weighted by Crippen LogP contribution is 2.24. The van der Waals surface area contributed by atoms with Crippen molar-refractivity contribution >= 4 is 10.1 Å². The molecule has 1 unspecified atom stereocenters. The normalized spacial score (nSPS) is 28.7. The first kappa shape index (κ1) is 10.4. The lowest BCUT2D eigenvalue weighted by atomic mass is 9.96. The maximum atomic E-state index is 10.7. The highest BCUT2D eigenvalue weighted by atomic mass is 32.2. The zero-order chi connectivity index (χ0) is 10.1. The van der Waals surface area contributed by atoms with Gasteiger partial charge in [-0.15, -0.1) is 0 Å². The molecule has 74 valence electrons. The smallest absolute Gasteiger partial charge is 0.290 e. The van der Waals surface area contributed by atoms with Crippen molar-refractivity contribution < 1.29 is 18.1 Å². The van der Waals surface area contributed by atoms with E-state index in [9.17, 15) is 13.5 Å². The lowest BCUT2D eigenvalue weighted by Crippen LogP contribution is -2.37. The van der Waals surface area contributed by atoms with E-state index in [0.29, 0.717) is 0 Å². The standard InChI is InChI=1S/C7H11NO4S/c8-5-7(9)3-1-2-6(4-7)13(10,11)12/h1-3,9H,4-5,8H2,(H,10,11,12). The first-order chi connectivity index (χ1) is 5.87. The summed E-state index contributed by atoms with van der Waals surface area (Å²) in [7, 11) is -4.21. The number of hydrogen-bond donors (Lipinski definition) is 3. The van der Waals surface area contributed by atoms with Crippen LogP contribution in [0.2, 0.25) is 0 Å². The van der Waals surface area contributed by atoms with Gasteiger partial charge in [-0.05, 0) is 6.08 Å². The van der Waals surface area contributed by atoms with Crippen LogP contribution in [0.5, 0.6) is 0 Å². The first-order valence-electron chi connectivity index (χ1n) is 3.66. The second-order valence-corrected chi connectivity index (χ2v) is 4.43. The molecule has 0 saturated carbocycles. The van der Waals surface area contributed by atoms with Crippen molar-refractivity contribution in [1.82, 2.24) is 0 Å². The minimum absolute atomic E-state index is 0.0869. The van der Waals surface area contributed by atoms with Gasteiger partial charge >= 0.3 is 0 Å². The molecule has 0 amide bonds. The van der Waals surface area contributed by atoms with Gasteiger partial charge in [-0.2, -0.15) is 8.42 Å². The third kappa shape index (κ3) is 2.38. The minimum atomic E-state index is -4.21. The Morgan fingerprint density at radius 2 is 2.23 bits per heavy atom. The van der Waals surface area contributed by atoms with Crippen LogP contribution in [-0.4, -0.2) is 30.2 Å². The molecule has 0 aromatic rings. The molecule has 0 aliphatic heterocycles. The number of hydrogen-bond acceptors (Lipinski definition) is 4. The highest BCUT2D eigenvalue weighted by Gasteiger charge is 2.30. The lowest BCUT2D eigenvalue weighted by Gasteiger charge is -2.25. The maximum Gasteiger partial charge on any atom is 0.290 e. The molecule has 0 radical (unpaired) electrons. The Morgan fingerprint density at radius 3 is 2.69 bits per heavy atom. The molecular weight excluding hydrogens is 194 g/mol. The average Bonchev–Trinajstić information content (AvgIpc) is 2.03. The van der Waals surface area contributed by atoms with Crippen molar-refractivity contribution in [3.63, 3.8) is 0 Å². The third-order valence-electron chi connectivity index (χ3n) is 1.85. The molecule has 0 saturated heterocycles. The second kappa shape index (κ2) is 3.22. The molecule has 6 heteroatoms. The molecule has 0 fully saturated rings. The fraction of sp³-hybridized carbons (Fsp3) is 0.429. The van der Waals surface area contributed by atoms with Crippen LogP contribution in [0.3, 0.4) is 0 Å². The van der Waals surface area contributed by atoms with E-state index in [1.807, 2.05) is 0 Å².